The van der Waals surface area contributed by atoms with Gasteiger partial charge in [-0.25, -0.2) is 4.79 Å². The maximum Gasteiger partial charge on any atom is 0.325 e. The predicted octanol–water partition coefficient (Wildman–Crippen LogP) is 4.17. The van der Waals surface area contributed by atoms with Crippen LogP contribution in [0.25, 0.3) is 10.8 Å². The van der Waals surface area contributed by atoms with E-state index in [0.717, 1.165) is 20.6 Å². The van der Waals surface area contributed by atoms with Crippen molar-refractivity contribution in [3.05, 3.63) is 77.3 Å². The van der Waals surface area contributed by atoms with Crippen LogP contribution in [0, 0.1) is 0 Å². The molecule has 0 spiro atoms. The van der Waals surface area contributed by atoms with Crippen LogP contribution in [0.1, 0.15) is 12.5 Å². The molecule has 4 rings (SSSR count). The number of hydrogen-bond acceptors (Lipinski definition) is 4. The van der Waals surface area contributed by atoms with Crippen LogP contribution < -0.4 is 10.6 Å². The van der Waals surface area contributed by atoms with Crippen molar-refractivity contribution in [2.75, 3.05) is 18.8 Å². The lowest BCUT2D eigenvalue weighted by atomic mass is 9.88. The van der Waals surface area contributed by atoms with Crippen LogP contribution in [0.2, 0.25) is 5.02 Å². The molecular formula is C24H22ClN3O3S. The monoisotopic (exact) mass is 467 g/mol. The van der Waals surface area contributed by atoms with E-state index in [2.05, 4.69) is 10.6 Å². The van der Waals surface area contributed by atoms with E-state index in [9.17, 15) is 14.4 Å². The van der Waals surface area contributed by atoms with Gasteiger partial charge < -0.3 is 10.6 Å². The number of hydrogen-bond donors (Lipinski definition) is 2. The number of benzene rings is 3. The second kappa shape index (κ2) is 9.22. The molecule has 1 aliphatic rings. The van der Waals surface area contributed by atoms with Crippen molar-refractivity contribution < 1.29 is 14.4 Å². The topological polar surface area (TPSA) is 78.5 Å². The summed E-state index contributed by atoms with van der Waals surface area (Å²) in [5, 5.41) is 8.08. The van der Waals surface area contributed by atoms with Crippen LogP contribution in [0.15, 0.2) is 71.6 Å². The summed E-state index contributed by atoms with van der Waals surface area (Å²) in [6.45, 7) is 1.77. The van der Waals surface area contributed by atoms with Crippen molar-refractivity contribution in [3.63, 3.8) is 0 Å². The summed E-state index contributed by atoms with van der Waals surface area (Å²) < 4.78 is 0. The van der Waals surface area contributed by atoms with Gasteiger partial charge in [-0.1, -0.05) is 54.1 Å². The average Bonchev–Trinajstić information content (AvgIpc) is 3.01. The molecule has 4 amide bonds. The number of nitrogens with zero attached hydrogens (tertiary/aromatic N) is 1. The number of urea groups is 1. The van der Waals surface area contributed by atoms with E-state index in [1.54, 1.807) is 18.7 Å². The van der Waals surface area contributed by atoms with Crippen molar-refractivity contribution in [1.29, 1.82) is 0 Å². The standard InChI is InChI=1S/C24H22ClN3O3S/c1-24(20-8-4-6-16-5-2-3-7-19(16)20)22(30)28(23(31)27-24)15-21(29)26-13-14-32-18-11-9-17(25)10-12-18/h2-12H,13-15H2,1H3,(H,26,29)(H,27,31). The van der Waals surface area contributed by atoms with Gasteiger partial charge in [0.2, 0.25) is 5.91 Å². The SMILES string of the molecule is CC1(c2cccc3ccccc23)NC(=O)N(CC(=O)NCCSc2ccc(Cl)cc2)C1=O. The zero-order valence-electron chi connectivity index (χ0n) is 17.4. The molecule has 2 N–H and O–H groups in total. The smallest absolute Gasteiger partial charge is 0.325 e. The second-order valence-electron chi connectivity index (χ2n) is 7.63. The normalized spacial score (nSPS) is 18.1. The summed E-state index contributed by atoms with van der Waals surface area (Å²) >= 11 is 7.46. The first-order valence-electron chi connectivity index (χ1n) is 10.2. The third kappa shape index (κ3) is 4.45. The fourth-order valence-corrected chi connectivity index (χ4v) is 4.67. The number of nitrogens with one attached hydrogen (secondary N) is 2. The minimum absolute atomic E-state index is 0.323. The average molecular weight is 468 g/mol. The number of amides is 4. The van der Waals surface area contributed by atoms with Crippen molar-refractivity contribution in [1.82, 2.24) is 15.5 Å². The number of halogens is 1. The Balaban J connectivity index is 1.38. The van der Waals surface area contributed by atoms with Crippen LogP contribution in [0.5, 0.6) is 0 Å². The lowest BCUT2D eigenvalue weighted by Gasteiger charge is -2.24. The summed E-state index contributed by atoms with van der Waals surface area (Å²) in [7, 11) is 0. The van der Waals surface area contributed by atoms with Gasteiger partial charge in [-0.3, -0.25) is 14.5 Å². The quantitative estimate of drug-likeness (QED) is 0.310. The Morgan fingerprint density at radius 1 is 1.06 bits per heavy atom. The first kappa shape index (κ1) is 22.2. The van der Waals surface area contributed by atoms with Gasteiger partial charge >= 0.3 is 6.03 Å². The molecule has 164 valence electrons. The van der Waals surface area contributed by atoms with E-state index in [1.165, 1.54) is 0 Å². The first-order valence-corrected chi connectivity index (χ1v) is 11.5. The minimum Gasteiger partial charge on any atom is -0.354 e. The molecule has 0 radical (unpaired) electrons. The number of rotatable bonds is 7. The molecule has 8 heteroatoms. The molecule has 1 saturated heterocycles. The first-order chi connectivity index (χ1) is 15.4. The summed E-state index contributed by atoms with van der Waals surface area (Å²) in [6.07, 6.45) is 0. The highest BCUT2D eigenvalue weighted by molar-refractivity contribution is 7.99. The molecule has 32 heavy (non-hydrogen) atoms. The van der Waals surface area contributed by atoms with E-state index in [4.69, 9.17) is 11.6 Å². The van der Waals surface area contributed by atoms with Crippen LogP contribution in [-0.4, -0.2) is 41.6 Å². The summed E-state index contributed by atoms with van der Waals surface area (Å²) in [5.74, 6) is -0.168. The number of fused-ring (bicyclic) bond motifs is 1. The minimum atomic E-state index is -1.23. The lowest BCUT2D eigenvalue weighted by molar-refractivity contribution is -0.134. The van der Waals surface area contributed by atoms with Gasteiger partial charge in [0.1, 0.15) is 12.1 Å². The van der Waals surface area contributed by atoms with Gasteiger partial charge in [0.15, 0.2) is 0 Å². The molecule has 3 aromatic rings. The van der Waals surface area contributed by atoms with Gasteiger partial charge in [0.05, 0.1) is 0 Å². The van der Waals surface area contributed by atoms with Crippen LogP contribution in [0.3, 0.4) is 0 Å². The molecular weight excluding hydrogens is 446 g/mol. The van der Waals surface area contributed by atoms with Gasteiger partial charge in [-0.05, 0) is 47.5 Å². The Hall–Kier alpha value is -3.03. The Kier molecular flexibility index (Phi) is 6.39. The molecule has 0 aliphatic carbocycles. The Bertz CT molecular complexity index is 1180. The molecule has 1 unspecified atom stereocenters. The largest absolute Gasteiger partial charge is 0.354 e. The Morgan fingerprint density at radius 3 is 2.56 bits per heavy atom. The van der Waals surface area contributed by atoms with Gasteiger partial charge in [-0.2, -0.15) is 0 Å². The summed E-state index contributed by atoms with van der Waals surface area (Å²) in [4.78, 5) is 40.2. The third-order valence-electron chi connectivity index (χ3n) is 5.41. The van der Waals surface area contributed by atoms with Crippen LogP contribution in [0.4, 0.5) is 4.79 Å². The maximum atomic E-state index is 13.2. The highest BCUT2D eigenvalue weighted by Gasteiger charge is 2.50. The molecule has 3 aromatic carbocycles. The van der Waals surface area contributed by atoms with E-state index in [-0.39, 0.29) is 12.5 Å². The third-order valence-corrected chi connectivity index (χ3v) is 6.68. The number of carbonyl (C=O) groups is 3. The van der Waals surface area contributed by atoms with E-state index >= 15 is 0 Å². The van der Waals surface area contributed by atoms with Gasteiger partial charge in [0.25, 0.3) is 5.91 Å². The Labute approximate surface area is 195 Å². The zero-order chi connectivity index (χ0) is 22.7. The van der Waals surface area contributed by atoms with Gasteiger partial charge in [0, 0.05) is 22.2 Å². The molecule has 0 saturated carbocycles. The van der Waals surface area contributed by atoms with Gasteiger partial charge in [-0.15, -0.1) is 11.8 Å². The Morgan fingerprint density at radius 2 is 1.78 bits per heavy atom. The van der Waals surface area contributed by atoms with E-state index in [0.29, 0.717) is 22.9 Å². The fourth-order valence-electron chi connectivity index (χ4n) is 3.77. The number of imide groups is 1. The zero-order valence-corrected chi connectivity index (χ0v) is 19.0. The molecule has 1 aliphatic heterocycles. The highest BCUT2D eigenvalue weighted by Crippen LogP contribution is 2.33. The number of carbonyl (C=O) groups excluding carboxylic acids is 3. The van der Waals surface area contributed by atoms with Crippen molar-refractivity contribution in [2.45, 2.75) is 17.4 Å². The lowest BCUT2D eigenvalue weighted by Crippen LogP contribution is -2.43. The maximum absolute atomic E-state index is 13.2. The summed E-state index contributed by atoms with van der Waals surface area (Å²) in [6, 6.07) is 20.2. The van der Waals surface area contributed by atoms with Crippen molar-refractivity contribution in [3.8, 4) is 0 Å². The molecule has 0 aromatic heterocycles. The van der Waals surface area contributed by atoms with E-state index < -0.39 is 17.5 Å². The molecule has 6 nitrogen and oxygen atoms in total. The molecule has 1 heterocycles. The van der Waals surface area contributed by atoms with Crippen molar-refractivity contribution in [2.24, 2.45) is 0 Å². The molecule has 1 fully saturated rings. The van der Waals surface area contributed by atoms with Crippen LogP contribution >= 0.6 is 23.4 Å². The summed E-state index contributed by atoms with van der Waals surface area (Å²) in [5.41, 5.74) is -0.529. The molecule has 0 bridgehead atoms. The highest BCUT2D eigenvalue weighted by atomic mass is 35.5. The number of thioether (sulfide) groups is 1. The second-order valence-corrected chi connectivity index (χ2v) is 9.23. The van der Waals surface area contributed by atoms with Crippen LogP contribution in [-0.2, 0) is 15.1 Å². The van der Waals surface area contributed by atoms with E-state index in [1.807, 2.05) is 66.7 Å². The fraction of sp³-hybridized carbons (Fsp3) is 0.208. The van der Waals surface area contributed by atoms with Crippen molar-refractivity contribution >= 4 is 52.0 Å². The molecule has 1 atom stereocenters. The predicted molar refractivity (Wildman–Crippen MR) is 127 cm³/mol.